The number of piperazine rings is 1. The van der Waals surface area contributed by atoms with Gasteiger partial charge in [-0.15, -0.1) is 23.1 Å². The molecule has 2 nitrogen and oxygen atoms in total. The van der Waals surface area contributed by atoms with Gasteiger partial charge >= 0.3 is 0 Å². The average Bonchev–Trinajstić information content (AvgIpc) is 3.17. The minimum Gasteiger partial charge on any atom is -0.297 e. The first kappa shape index (κ1) is 19.1. The maximum Gasteiger partial charge on any atom is 0.0653 e. The third-order valence-electron chi connectivity index (χ3n) is 5.91. The molecular formula is C25H26N2S2. The Labute approximate surface area is 181 Å². The fourth-order valence-electron chi connectivity index (χ4n) is 4.37. The van der Waals surface area contributed by atoms with E-state index in [9.17, 15) is 0 Å². The Bertz CT molecular complexity index is 971. The van der Waals surface area contributed by atoms with Crippen LogP contribution in [0.4, 0.5) is 0 Å². The van der Waals surface area contributed by atoms with Gasteiger partial charge in [0.15, 0.2) is 0 Å². The van der Waals surface area contributed by atoms with Crippen molar-refractivity contribution in [1.29, 1.82) is 0 Å². The van der Waals surface area contributed by atoms with Crippen LogP contribution in [0.1, 0.15) is 28.3 Å². The Morgan fingerprint density at radius 1 is 0.862 bits per heavy atom. The van der Waals surface area contributed by atoms with Gasteiger partial charge in [-0.25, -0.2) is 0 Å². The summed E-state index contributed by atoms with van der Waals surface area (Å²) in [5, 5.41) is 2.27. The SMILES string of the molecule is C(=C\c1ccccc1)/CN1CCN(C2c3ccccc3CSc3sccc32)CC1. The zero-order valence-corrected chi connectivity index (χ0v) is 18.2. The van der Waals surface area contributed by atoms with E-state index in [-0.39, 0.29) is 0 Å². The fraction of sp³-hybridized carbons (Fsp3) is 0.280. The van der Waals surface area contributed by atoms with Crippen molar-refractivity contribution < 1.29 is 0 Å². The zero-order valence-electron chi connectivity index (χ0n) is 16.5. The van der Waals surface area contributed by atoms with E-state index < -0.39 is 0 Å². The summed E-state index contributed by atoms with van der Waals surface area (Å²) in [6.07, 6.45) is 4.54. The van der Waals surface area contributed by atoms with E-state index in [0.717, 1.165) is 38.5 Å². The molecule has 2 aromatic carbocycles. The highest BCUT2D eigenvalue weighted by Gasteiger charge is 2.31. The molecule has 148 valence electrons. The lowest BCUT2D eigenvalue weighted by Gasteiger charge is -2.39. The van der Waals surface area contributed by atoms with Crippen molar-refractivity contribution in [3.8, 4) is 0 Å². The molecular weight excluding hydrogens is 392 g/mol. The van der Waals surface area contributed by atoms with Crippen molar-refractivity contribution in [2.45, 2.75) is 16.0 Å². The summed E-state index contributed by atoms with van der Waals surface area (Å²) in [5.74, 6) is 1.09. The summed E-state index contributed by atoms with van der Waals surface area (Å²) in [4.78, 5) is 5.27. The van der Waals surface area contributed by atoms with E-state index >= 15 is 0 Å². The van der Waals surface area contributed by atoms with Crippen molar-refractivity contribution in [3.05, 3.63) is 94.4 Å². The summed E-state index contributed by atoms with van der Waals surface area (Å²) in [6, 6.07) is 22.4. The zero-order chi connectivity index (χ0) is 19.5. The highest BCUT2D eigenvalue weighted by Crippen LogP contribution is 2.44. The van der Waals surface area contributed by atoms with Crippen LogP contribution < -0.4 is 0 Å². The molecule has 0 radical (unpaired) electrons. The molecule has 0 bridgehead atoms. The maximum atomic E-state index is 2.70. The van der Waals surface area contributed by atoms with Gasteiger partial charge in [-0.3, -0.25) is 9.80 Å². The summed E-state index contributed by atoms with van der Waals surface area (Å²) in [7, 11) is 0. The molecule has 0 aliphatic carbocycles. The minimum absolute atomic E-state index is 0.407. The Balaban J connectivity index is 1.28. The Hall–Kier alpha value is -1.85. The molecule has 0 saturated carbocycles. The van der Waals surface area contributed by atoms with Crippen molar-refractivity contribution in [3.63, 3.8) is 0 Å². The van der Waals surface area contributed by atoms with Gasteiger partial charge in [-0.1, -0.05) is 66.7 Å². The number of nitrogens with zero attached hydrogens (tertiary/aromatic N) is 2. The summed E-state index contributed by atoms with van der Waals surface area (Å²) in [6.45, 7) is 5.54. The van der Waals surface area contributed by atoms with Crippen molar-refractivity contribution in [2.75, 3.05) is 32.7 Å². The topological polar surface area (TPSA) is 6.48 Å². The molecule has 29 heavy (non-hydrogen) atoms. The van der Waals surface area contributed by atoms with Gasteiger partial charge in [-0.05, 0) is 33.7 Å². The molecule has 0 spiro atoms. The second-order valence-corrected chi connectivity index (χ2v) is 9.86. The predicted octanol–water partition coefficient (Wildman–Crippen LogP) is 5.77. The van der Waals surface area contributed by atoms with Crippen molar-refractivity contribution in [2.24, 2.45) is 0 Å². The van der Waals surface area contributed by atoms with E-state index in [1.54, 1.807) is 0 Å². The van der Waals surface area contributed by atoms with Crippen LogP contribution in [0.3, 0.4) is 0 Å². The van der Waals surface area contributed by atoms with Crippen LogP contribution in [-0.4, -0.2) is 42.5 Å². The highest BCUT2D eigenvalue weighted by atomic mass is 32.2. The second-order valence-electron chi connectivity index (χ2n) is 7.70. The molecule has 4 heteroatoms. The molecule has 5 rings (SSSR count). The summed E-state index contributed by atoms with van der Waals surface area (Å²) >= 11 is 3.91. The molecule has 3 aromatic rings. The lowest BCUT2D eigenvalue weighted by Crippen LogP contribution is -2.47. The second kappa shape index (κ2) is 8.88. The van der Waals surface area contributed by atoms with Crippen LogP contribution in [0, 0.1) is 0 Å². The van der Waals surface area contributed by atoms with Gasteiger partial charge in [0.05, 0.1) is 10.3 Å². The number of thiophene rings is 1. The lowest BCUT2D eigenvalue weighted by atomic mass is 9.95. The number of hydrogen-bond donors (Lipinski definition) is 0. The Morgan fingerprint density at radius 3 is 2.52 bits per heavy atom. The molecule has 0 N–H and O–H groups in total. The first-order valence-electron chi connectivity index (χ1n) is 10.3. The van der Waals surface area contributed by atoms with Crippen LogP contribution in [0.2, 0.25) is 0 Å². The Morgan fingerprint density at radius 2 is 1.66 bits per heavy atom. The molecule has 1 saturated heterocycles. The molecule has 3 heterocycles. The van der Waals surface area contributed by atoms with Gasteiger partial charge in [0, 0.05) is 38.5 Å². The molecule has 1 atom stereocenters. The molecule has 0 amide bonds. The molecule has 2 aliphatic rings. The van der Waals surface area contributed by atoms with Crippen LogP contribution in [0.25, 0.3) is 6.08 Å². The standard InChI is InChI=1S/C25H26N2S2/c1-2-7-20(8-3-1)9-6-13-26-14-16-27(17-15-26)24-22-11-5-4-10-21(22)19-29-25-23(24)12-18-28-25/h1-12,18,24H,13-17,19H2/b9-6+. The van der Waals surface area contributed by atoms with E-state index in [4.69, 9.17) is 0 Å². The van der Waals surface area contributed by atoms with E-state index in [0.29, 0.717) is 6.04 Å². The van der Waals surface area contributed by atoms with Crippen LogP contribution in [0.5, 0.6) is 0 Å². The molecule has 2 aliphatic heterocycles. The number of hydrogen-bond acceptors (Lipinski definition) is 4. The van der Waals surface area contributed by atoms with Gasteiger partial charge in [0.1, 0.15) is 0 Å². The largest absolute Gasteiger partial charge is 0.297 e. The Kier molecular flexibility index (Phi) is 5.86. The monoisotopic (exact) mass is 418 g/mol. The van der Waals surface area contributed by atoms with E-state index in [2.05, 4.69) is 88.0 Å². The lowest BCUT2D eigenvalue weighted by molar-refractivity contribution is 0.117. The quantitative estimate of drug-likeness (QED) is 0.531. The van der Waals surface area contributed by atoms with Gasteiger partial charge in [-0.2, -0.15) is 0 Å². The average molecular weight is 419 g/mol. The van der Waals surface area contributed by atoms with Crippen molar-refractivity contribution in [1.82, 2.24) is 9.80 Å². The smallest absolute Gasteiger partial charge is 0.0653 e. The number of rotatable bonds is 4. The normalized spacial score (nSPS) is 20.3. The predicted molar refractivity (Wildman–Crippen MR) is 126 cm³/mol. The van der Waals surface area contributed by atoms with Crippen molar-refractivity contribution >= 4 is 29.2 Å². The van der Waals surface area contributed by atoms with E-state index in [1.165, 1.54) is 26.5 Å². The maximum absolute atomic E-state index is 2.70. The third-order valence-corrected chi connectivity index (χ3v) is 8.22. The highest BCUT2D eigenvalue weighted by molar-refractivity contribution is 8.00. The summed E-state index contributed by atoms with van der Waals surface area (Å²) in [5.41, 5.74) is 5.81. The van der Waals surface area contributed by atoms with Gasteiger partial charge in [0.2, 0.25) is 0 Å². The number of benzene rings is 2. The number of fused-ring (bicyclic) bond motifs is 2. The molecule has 1 aromatic heterocycles. The van der Waals surface area contributed by atoms with E-state index in [1.807, 2.05) is 23.1 Å². The molecule has 1 fully saturated rings. The molecule has 1 unspecified atom stereocenters. The van der Waals surface area contributed by atoms with Gasteiger partial charge < -0.3 is 0 Å². The van der Waals surface area contributed by atoms with Crippen LogP contribution in [0.15, 0.2) is 76.3 Å². The third kappa shape index (κ3) is 4.22. The summed E-state index contributed by atoms with van der Waals surface area (Å²) < 4.78 is 1.50. The first-order chi connectivity index (χ1) is 14.4. The van der Waals surface area contributed by atoms with Crippen LogP contribution >= 0.6 is 23.1 Å². The van der Waals surface area contributed by atoms with Gasteiger partial charge in [0.25, 0.3) is 0 Å². The number of thioether (sulfide) groups is 1. The van der Waals surface area contributed by atoms with Crippen LogP contribution in [-0.2, 0) is 5.75 Å². The first-order valence-corrected chi connectivity index (χ1v) is 12.2. The minimum atomic E-state index is 0.407. The fourth-order valence-corrected chi connectivity index (χ4v) is 6.53.